The molecule has 0 radical (unpaired) electrons. The highest BCUT2D eigenvalue weighted by Crippen LogP contribution is 2.40. The number of thiazole rings is 1. The van der Waals surface area contributed by atoms with E-state index in [1.54, 1.807) is 11.3 Å². The van der Waals surface area contributed by atoms with Gasteiger partial charge in [-0.25, -0.2) is 4.98 Å². The van der Waals surface area contributed by atoms with Crippen LogP contribution in [-0.4, -0.2) is 23.3 Å². The number of fused-ring (bicyclic) bond motifs is 4. The minimum absolute atomic E-state index is 0.346. The van der Waals surface area contributed by atoms with Gasteiger partial charge in [-0.2, -0.15) is 0 Å². The molecule has 0 saturated carbocycles. The van der Waals surface area contributed by atoms with Crippen molar-refractivity contribution in [3.8, 4) is 0 Å². The van der Waals surface area contributed by atoms with Crippen LogP contribution in [0.25, 0.3) is 36.0 Å². The lowest BCUT2D eigenvalue weighted by molar-refractivity contribution is 0.00578. The number of hydrogen-bond donors (Lipinski definition) is 0. The van der Waals surface area contributed by atoms with Crippen molar-refractivity contribution in [1.82, 2.24) is 4.98 Å². The van der Waals surface area contributed by atoms with Crippen LogP contribution >= 0.6 is 22.7 Å². The number of benzene rings is 2. The van der Waals surface area contributed by atoms with E-state index in [1.807, 2.05) is 23.5 Å². The number of allylic oxidation sites excluding steroid dienone is 6. The van der Waals surface area contributed by atoms with Crippen molar-refractivity contribution >= 4 is 71.2 Å². The van der Waals surface area contributed by atoms with Crippen molar-refractivity contribution in [1.29, 1.82) is 0 Å². The van der Waals surface area contributed by atoms with Crippen LogP contribution in [0, 0.1) is 6.08 Å². The summed E-state index contributed by atoms with van der Waals surface area (Å²) in [6, 6.07) is 11.0. The van der Waals surface area contributed by atoms with E-state index in [1.165, 1.54) is 24.9 Å². The maximum atomic E-state index is 6.28. The van der Waals surface area contributed by atoms with E-state index >= 15 is 0 Å². The molecule has 0 amide bonds. The Hall–Kier alpha value is -2.34. The Kier molecular flexibility index (Phi) is 4.11. The summed E-state index contributed by atoms with van der Waals surface area (Å²) >= 11 is 3.56. The molecule has 3 heterocycles. The average Bonchev–Trinajstić information content (AvgIpc) is 3.37. The fraction of sp³-hybridized carbons (Fsp3) is 0.240. The molecule has 1 saturated heterocycles. The van der Waals surface area contributed by atoms with E-state index in [4.69, 9.17) is 14.3 Å². The van der Waals surface area contributed by atoms with Crippen LogP contribution in [0.2, 0.25) is 0 Å². The summed E-state index contributed by atoms with van der Waals surface area (Å²) in [4.78, 5) is 4.92. The summed E-state index contributed by atoms with van der Waals surface area (Å²) in [6.07, 6.45) is 11.1. The largest absolute Gasteiger partial charge is 0.494 e. The number of thiophene rings is 1. The summed E-state index contributed by atoms with van der Waals surface area (Å²) in [5.74, 6) is 0. The van der Waals surface area contributed by atoms with Crippen molar-refractivity contribution in [3.05, 3.63) is 65.7 Å². The predicted molar refractivity (Wildman–Crippen MR) is 133 cm³/mol. The third kappa shape index (κ3) is 3.02. The molecule has 1 fully saturated rings. The van der Waals surface area contributed by atoms with E-state index in [9.17, 15) is 0 Å². The van der Waals surface area contributed by atoms with Gasteiger partial charge in [-0.1, -0.05) is 12.1 Å². The second-order valence-corrected chi connectivity index (χ2v) is 11.2. The van der Waals surface area contributed by atoms with Crippen LogP contribution < -0.4 is 5.46 Å². The standard InChI is InChI=1S/C25H21BNO2S2/c1-24(2)25(3,4)29-26(28-24)16-10-11-20-17(12-16)18-13-19-22(14-21(18)30-20)31-23(27-19)15-8-6-5-7-9-15/h6-14H,1-4H3/q+1. The molecule has 2 aliphatic rings. The molecule has 0 unspecified atom stereocenters. The normalized spacial score (nSPS) is 19.5. The minimum Gasteiger partial charge on any atom is -0.399 e. The Bertz CT molecular complexity index is 1440. The van der Waals surface area contributed by atoms with Crippen LogP contribution in [-0.2, 0) is 9.31 Å². The molecule has 2 aromatic carbocycles. The van der Waals surface area contributed by atoms with Gasteiger partial charge in [0.25, 0.3) is 0 Å². The predicted octanol–water partition coefficient (Wildman–Crippen LogP) is 6.28. The topological polar surface area (TPSA) is 31.4 Å². The molecule has 31 heavy (non-hydrogen) atoms. The van der Waals surface area contributed by atoms with Gasteiger partial charge in [0.1, 0.15) is 17.7 Å². The average molecular weight is 442 g/mol. The van der Waals surface area contributed by atoms with Gasteiger partial charge in [0.2, 0.25) is 0 Å². The Balaban J connectivity index is 1.46. The zero-order chi connectivity index (χ0) is 21.4. The molecule has 152 valence electrons. The maximum absolute atomic E-state index is 6.28. The number of aromatic nitrogens is 1. The highest BCUT2D eigenvalue weighted by molar-refractivity contribution is 7.26. The number of rotatable bonds is 2. The van der Waals surface area contributed by atoms with Crippen LogP contribution in [0.15, 0.2) is 54.6 Å². The molecular formula is C25H21BNO2S2+. The first kappa shape index (κ1) is 19.4. The molecule has 0 atom stereocenters. The van der Waals surface area contributed by atoms with Gasteiger partial charge >= 0.3 is 7.12 Å². The fourth-order valence-corrected chi connectivity index (χ4v) is 6.17. The van der Waals surface area contributed by atoms with Gasteiger partial charge in [0.15, 0.2) is 5.01 Å². The third-order valence-electron chi connectivity index (χ3n) is 6.49. The second kappa shape index (κ2) is 6.58. The SMILES string of the molecule is CC1(C)OB(c2ccc3sc4cc5sc(C6=CC=[C+]C=C6)nc5cc4c3c2)OC1(C)C. The Morgan fingerprint density at radius 3 is 2.42 bits per heavy atom. The van der Waals surface area contributed by atoms with E-state index < -0.39 is 0 Å². The first-order valence-electron chi connectivity index (χ1n) is 10.4. The summed E-state index contributed by atoms with van der Waals surface area (Å²) in [5.41, 5.74) is 2.55. The molecule has 4 aromatic rings. The zero-order valence-corrected chi connectivity index (χ0v) is 19.5. The van der Waals surface area contributed by atoms with Crippen molar-refractivity contribution in [2.24, 2.45) is 0 Å². The van der Waals surface area contributed by atoms with Gasteiger partial charge in [-0.3, -0.25) is 0 Å². The molecule has 1 aliphatic carbocycles. The lowest BCUT2D eigenvalue weighted by Crippen LogP contribution is -2.41. The molecule has 6 rings (SSSR count). The summed E-state index contributed by atoms with van der Waals surface area (Å²) in [5, 5.41) is 3.52. The first-order valence-corrected chi connectivity index (χ1v) is 12.0. The van der Waals surface area contributed by atoms with Gasteiger partial charge in [0, 0.05) is 26.2 Å². The van der Waals surface area contributed by atoms with Crippen molar-refractivity contribution in [2.75, 3.05) is 0 Å². The maximum Gasteiger partial charge on any atom is 0.494 e. The molecule has 1 aliphatic heterocycles. The Morgan fingerprint density at radius 2 is 1.68 bits per heavy atom. The minimum atomic E-state index is -0.353. The van der Waals surface area contributed by atoms with Gasteiger partial charge < -0.3 is 9.31 Å². The third-order valence-corrected chi connectivity index (χ3v) is 8.69. The monoisotopic (exact) mass is 442 g/mol. The second-order valence-electron chi connectivity index (χ2n) is 9.07. The van der Waals surface area contributed by atoms with E-state index in [2.05, 4.69) is 76.3 Å². The lowest BCUT2D eigenvalue weighted by Gasteiger charge is -2.32. The van der Waals surface area contributed by atoms with Gasteiger partial charge in [0.05, 0.1) is 33.6 Å². The smallest absolute Gasteiger partial charge is 0.399 e. The molecular weight excluding hydrogens is 421 g/mol. The summed E-state index contributed by atoms with van der Waals surface area (Å²) in [7, 11) is -0.353. The Labute approximate surface area is 189 Å². The highest BCUT2D eigenvalue weighted by atomic mass is 32.1. The molecule has 6 heteroatoms. The molecule has 0 N–H and O–H groups in total. The molecule has 2 aromatic heterocycles. The number of hydrogen-bond acceptors (Lipinski definition) is 5. The van der Waals surface area contributed by atoms with Gasteiger partial charge in [-0.15, -0.1) is 22.7 Å². The highest BCUT2D eigenvalue weighted by Gasteiger charge is 2.51. The van der Waals surface area contributed by atoms with Gasteiger partial charge in [-0.05, 0) is 51.4 Å². The van der Waals surface area contributed by atoms with Crippen molar-refractivity contribution in [3.63, 3.8) is 0 Å². The zero-order valence-electron chi connectivity index (χ0n) is 17.9. The van der Waals surface area contributed by atoms with Crippen LogP contribution in [0.1, 0.15) is 32.7 Å². The lowest BCUT2D eigenvalue weighted by atomic mass is 9.78. The Morgan fingerprint density at radius 1 is 0.903 bits per heavy atom. The molecule has 0 bridgehead atoms. The van der Waals surface area contributed by atoms with Crippen LogP contribution in [0.5, 0.6) is 0 Å². The molecule has 3 nitrogen and oxygen atoms in total. The fourth-order valence-electron chi connectivity index (χ4n) is 3.99. The molecule has 0 spiro atoms. The van der Waals surface area contributed by atoms with Crippen LogP contribution in [0.4, 0.5) is 0 Å². The van der Waals surface area contributed by atoms with E-state index in [-0.39, 0.29) is 18.3 Å². The summed E-state index contributed by atoms with van der Waals surface area (Å²) < 4.78 is 16.3. The van der Waals surface area contributed by atoms with E-state index in [0.717, 1.165) is 21.6 Å². The van der Waals surface area contributed by atoms with Crippen molar-refractivity contribution < 1.29 is 9.31 Å². The first-order chi connectivity index (χ1) is 14.8. The van der Waals surface area contributed by atoms with Crippen LogP contribution in [0.3, 0.4) is 0 Å². The quantitative estimate of drug-likeness (QED) is 0.271. The van der Waals surface area contributed by atoms with Crippen molar-refractivity contribution in [2.45, 2.75) is 38.9 Å². The summed E-state index contributed by atoms with van der Waals surface area (Å²) in [6.45, 7) is 8.36. The van der Waals surface area contributed by atoms with E-state index in [0.29, 0.717) is 0 Å². The number of nitrogens with zero attached hydrogens (tertiary/aromatic N) is 1.